The van der Waals surface area contributed by atoms with E-state index in [0.29, 0.717) is 66.5 Å². The Morgan fingerprint density at radius 2 is 1.82 bits per heavy atom. The Hall–Kier alpha value is -5.08. The molecule has 3 aliphatic rings. The van der Waals surface area contributed by atoms with Crippen LogP contribution in [0.5, 0.6) is 5.75 Å². The highest BCUT2D eigenvalue weighted by molar-refractivity contribution is 8.01. The summed E-state index contributed by atoms with van der Waals surface area (Å²) in [5.41, 5.74) is 3.64. The lowest BCUT2D eigenvalue weighted by atomic mass is 10.00. The number of ether oxygens (including phenoxy) is 1. The van der Waals surface area contributed by atoms with E-state index >= 15 is 4.39 Å². The SMILES string of the molecule is CNc1nc(Nc2ccc(C(=O)N3CCN(CC(C)SC(C)(C)C(NC(=O)C4(F)CC4)C(=O)N4C[C@H](O)C[C@@H]4C(=O)NCc4ccc(-c5scnc5C)cc4)CC3)cc2OC)ncc1Cl. The number of aliphatic hydroxyl groups excluding tert-OH is 1. The van der Waals surface area contributed by atoms with Gasteiger partial charge in [0.25, 0.3) is 11.8 Å². The molecule has 1 saturated carbocycles. The molecular weight excluding hydrogens is 895 g/mol. The van der Waals surface area contributed by atoms with Crippen molar-refractivity contribution in [2.24, 2.45) is 0 Å². The summed E-state index contributed by atoms with van der Waals surface area (Å²) in [7, 11) is 3.23. The molecule has 2 aromatic heterocycles. The number of piperazine rings is 1. The summed E-state index contributed by atoms with van der Waals surface area (Å²) in [6, 6.07) is 10.8. The summed E-state index contributed by atoms with van der Waals surface area (Å²) in [4.78, 5) is 74.5. The van der Waals surface area contributed by atoms with Crippen molar-refractivity contribution >= 4 is 75.8 Å². The van der Waals surface area contributed by atoms with Gasteiger partial charge in [-0.2, -0.15) is 4.98 Å². The van der Waals surface area contributed by atoms with Crippen molar-refractivity contribution < 1.29 is 33.4 Å². The maximum atomic E-state index is 15.2. The first-order valence-electron chi connectivity index (χ1n) is 21.6. The number of hydrogen-bond acceptors (Lipinski definition) is 14. The zero-order valence-corrected chi connectivity index (χ0v) is 39.7. The maximum Gasteiger partial charge on any atom is 0.258 e. The summed E-state index contributed by atoms with van der Waals surface area (Å²) in [6.07, 6.45) is 0.705. The molecule has 7 rings (SSSR count). The van der Waals surface area contributed by atoms with E-state index in [1.165, 1.54) is 30.0 Å². The standard InChI is InChI=1S/C45H56ClFN10O6S2/c1-26(23-55-15-17-56(18-16-55)40(60)30-11-12-33(35(19-30)63-6)52-43-50-22-32(46)38(48-5)54-43)65-44(3,4)37(53-42(62)45(47)13-14-45)41(61)57-24-31(58)20-34(57)39(59)49-21-28-7-9-29(10-8-28)36-27(2)51-25-64-36/h7-12,19,22,25-26,31,34,37,58H,13-18,20-21,23-24H2,1-6H3,(H,49,59)(H,53,62)(H2,48,50,52,54)/t26?,31-,34-,37?/m1/s1. The number of nitrogens with zero attached hydrogens (tertiary/aromatic N) is 6. The number of aromatic nitrogens is 3. The Morgan fingerprint density at radius 3 is 2.46 bits per heavy atom. The van der Waals surface area contributed by atoms with Gasteiger partial charge in [-0.3, -0.25) is 24.1 Å². The Balaban J connectivity index is 0.952. The molecule has 0 radical (unpaired) electrons. The fourth-order valence-corrected chi connectivity index (χ4v) is 10.8. The van der Waals surface area contributed by atoms with Gasteiger partial charge in [0.2, 0.25) is 17.8 Å². The lowest BCUT2D eigenvalue weighted by Gasteiger charge is -2.40. The molecule has 65 heavy (non-hydrogen) atoms. The largest absolute Gasteiger partial charge is 0.495 e. The Kier molecular flexibility index (Phi) is 14.9. The van der Waals surface area contributed by atoms with Gasteiger partial charge in [0, 0.05) is 74.8 Å². The average molecular weight is 952 g/mol. The van der Waals surface area contributed by atoms with Crippen molar-refractivity contribution in [3.63, 3.8) is 0 Å². The first kappa shape index (κ1) is 47.9. The first-order valence-corrected chi connectivity index (χ1v) is 23.7. The fraction of sp³-hybridized carbons (Fsp3) is 0.489. The monoisotopic (exact) mass is 950 g/mol. The molecule has 4 amide bonds. The number of thiazole rings is 1. The number of likely N-dealkylation sites (tertiary alicyclic amines) is 1. The number of β-amino-alcohol motifs (C(OH)–C–C–N with tert-alkyl or cyclic N) is 1. The summed E-state index contributed by atoms with van der Waals surface area (Å²) in [5, 5.41) is 22.8. The van der Waals surface area contributed by atoms with Crippen LogP contribution < -0.4 is 26.0 Å². The minimum Gasteiger partial charge on any atom is -0.495 e. The van der Waals surface area contributed by atoms with Crippen LogP contribution in [0.25, 0.3) is 10.4 Å². The van der Waals surface area contributed by atoms with Crippen LogP contribution >= 0.6 is 34.7 Å². The Labute approximate surface area is 391 Å². The number of amides is 4. The van der Waals surface area contributed by atoms with Gasteiger partial charge in [0.05, 0.1) is 41.2 Å². The molecule has 16 nitrogen and oxygen atoms in total. The lowest BCUT2D eigenvalue weighted by Crippen LogP contribution is -2.61. The van der Waals surface area contributed by atoms with Crippen LogP contribution in [0.15, 0.2) is 54.2 Å². The number of halogens is 2. The lowest BCUT2D eigenvalue weighted by molar-refractivity contribution is -0.143. The van der Waals surface area contributed by atoms with E-state index < -0.39 is 46.3 Å². The zero-order valence-electron chi connectivity index (χ0n) is 37.3. The molecule has 2 aromatic carbocycles. The number of aryl methyl sites for hydroxylation is 1. The van der Waals surface area contributed by atoms with Crippen molar-refractivity contribution in [2.45, 2.75) is 87.4 Å². The van der Waals surface area contributed by atoms with Crippen molar-refractivity contribution in [3.05, 3.63) is 76.0 Å². The van der Waals surface area contributed by atoms with Gasteiger partial charge in [-0.15, -0.1) is 23.1 Å². The summed E-state index contributed by atoms with van der Waals surface area (Å²) < 4.78 is 19.8. The fourth-order valence-electron chi connectivity index (χ4n) is 8.22. The Morgan fingerprint density at radius 1 is 1.09 bits per heavy atom. The van der Waals surface area contributed by atoms with Crippen LogP contribution in [-0.2, 0) is 20.9 Å². The van der Waals surface area contributed by atoms with E-state index in [2.05, 4.69) is 41.1 Å². The summed E-state index contributed by atoms with van der Waals surface area (Å²) in [5.74, 6) is -0.750. The van der Waals surface area contributed by atoms with E-state index in [1.807, 2.05) is 52.0 Å². The third kappa shape index (κ3) is 11.3. The highest BCUT2D eigenvalue weighted by Crippen LogP contribution is 2.41. The van der Waals surface area contributed by atoms with E-state index in [0.717, 1.165) is 21.7 Å². The Bertz CT molecular complexity index is 2380. The molecule has 3 fully saturated rings. The molecule has 5 N–H and O–H groups in total. The third-order valence-corrected chi connectivity index (χ3v) is 14.6. The van der Waals surface area contributed by atoms with E-state index in [-0.39, 0.29) is 43.5 Å². The van der Waals surface area contributed by atoms with Crippen molar-refractivity contribution in [1.29, 1.82) is 0 Å². The quantitative estimate of drug-likeness (QED) is 0.0920. The van der Waals surface area contributed by atoms with Crippen LogP contribution in [0.2, 0.25) is 5.02 Å². The van der Waals surface area contributed by atoms with Gasteiger partial charge in [0.1, 0.15) is 28.7 Å². The van der Waals surface area contributed by atoms with E-state index in [1.54, 1.807) is 47.0 Å². The second kappa shape index (κ2) is 20.2. The minimum absolute atomic E-state index is 0.0288. The molecular formula is C45H56ClFN10O6S2. The molecule has 2 saturated heterocycles. The molecule has 20 heteroatoms. The van der Waals surface area contributed by atoms with Crippen LogP contribution in [0.4, 0.5) is 21.8 Å². The highest BCUT2D eigenvalue weighted by Gasteiger charge is 2.54. The second-order valence-electron chi connectivity index (χ2n) is 17.3. The molecule has 0 bridgehead atoms. The average Bonchev–Trinajstić information content (AvgIpc) is 3.70. The maximum absolute atomic E-state index is 15.2. The van der Waals surface area contributed by atoms with Crippen molar-refractivity contribution in [1.82, 2.24) is 40.3 Å². The number of thioether (sulfide) groups is 1. The number of nitrogens with one attached hydrogen (secondary N) is 4. The predicted molar refractivity (Wildman–Crippen MR) is 252 cm³/mol. The van der Waals surface area contributed by atoms with Gasteiger partial charge in [-0.05, 0) is 62.9 Å². The summed E-state index contributed by atoms with van der Waals surface area (Å²) in [6.45, 7) is 10.6. The number of carbonyl (C=O) groups excluding carboxylic acids is 4. The van der Waals surface area contributed by atoms with Crippen LogP contribution in [-0.4, -0.2) is 146 Å². The molecule has 4 aromatic rings. The highest BCUT2D eigenvalue weighted by atomic mass is 35.5. The second-order valence-corrected chi connectivity index (χ2v) is 20.6. The zero-order chi connectivity index (χ0) is 46.6. The number of anilines is 3. The third-order valence-electron chi connectivity index (χ3n) is 12.0. The molecule has 4 atom stereocenters. The van der Waals surface area contributed by atoms with Gasteiger partial charge >= 0.3 is 0 Å². The number of rotatable bonds is 17. The van der Waals surface area contributed by atoms with Crippen molar-refractivity contribution in [2.75, 3.05) is 64.1 Å². The molecule has 0 spiro atoms. The molecule has 4 heterocycles. The topological polar surface area (TPSA) is 194 Å². The normalized spacial score (nSPS) is 19.3. The number of methoxy groups -OCH3 is 1. The van der Waals surface area contributed by atoms with Crippen LogP contribution in [0.1, 0.15) is 61.6 Å². The molecule has 348 valence electrons. The predicted octanol–water partition coefficient (Wildman–Crippen LogP) is 5.28. The molecule has 1 aliphatic carbocycles. The first-order chi connectivity index (χ1) is 31.0. The van der Waals surface area contributed by atoms with Gasteiger partial charge in [0.15, 0.2) is 5.67 Å². The number of carbonyl (C=O) groups is 4. The summed E-state index contributed by atoms with van der Waals surface area (Å²) >= 11 is 9.17. The van der Waals surface area contributed by atoms with E-state index in [4.69, 9.17) is 16.3 Å². The van der Waals surface area contributed by atoms with Crippen LogP contribution in [0, 0.1) is 6.92 Å². The molecule has 2 unspecified atom stereocenters. The smallest absolute Gasteiger partial charge is 0.258 e. The van der Waals surface area contributed by atoms with Crippen LogP contribution in [0.3, 0.4) is 0 Å². The van der Waals surface area contributed by atoms with Crippen molar-refractivity contribution in [3.8, 4) is 16.2 Å². The van der Waals surface area contributed by atoms with Gasteiger partial charge in [-0.25, -0.2) is 14.4 Å². The van der Waals surface area contributed by atoms with Gasteiger partial charge in [-0.1, -0.05) is 42.8 Å². The number of hydrogen-bond donors (Lipinski definition) is 5. The minimum atomic E-state index is -2.04. The number of alkyl halides is 1. The van der Waals surface area contributed by atoms with Gasteiger partial charge < -0.3 is 40.9 Å². The number of benzene rings is 2. The van der Waals surface area contributed by atoms with E-state index in [9.17, 15) is 24.3 Å². The molecule has 2 aliphatic heterocycles. The number of aliphatic hydroxyl groups is 1.